The zero-order chi connectivity index (χ0) is 34.0. The Hall–Kier alpha value is -4.81. The second kappa shape index (κ2) is 16.3. The molecular formula is C35H28Cl2N4O5S2. The lowest BCUT2D eigenvalue weighted by atomic mass is 10.1. The average Bonchev–Trinajstić information content (AvgIpc) is 3.57. The first-order chi connectivity index (χ1) is 23.2. The number of halogens is 2. The van der Waals surface area contributed by atoms with Crippen LogP contribution >= 0.6 is 46.3 Å². The quantitative estimate of drug-likeness (QED) is 0.0878. The van der Waals surface area contributed by atoms with Crippen molar-refractivity contribution in [2.75, 3.05) is 30.6 Å². The molecule has 0 saturated carbocycles. The number of hydrogen-bond donors (Lipinski definition) is 3. The van der Waals surface area contributed by atoms with Crippen LogP contribution in [0, 0.1) is 0 Å². The van der Waals surface area contributed by atoms with E-state index < -0.39 is 11.8 Å². The molecule has 0 spiro atoms. The first-order valence-corrected chi connectivity index (χ1v) is 16.9. The molecule has 244 valence electrons. The number of amides is 3. The Balaban J connectivity index is 1.19. The number of ether oxygens (including phenoxy) is 2. The maximum absolute atomic E-state index is 13.4. The number of aromatic nitrogens is 1. The van der Waals surface area contributed by atoms with Crippen LogP contribution < -0.4 is 25.4 Å². The third-order valence-electron chi connectivity index (χ3n) is 6.70. The van der Waals surface area contributed by atoms with Crippen LogP contribution in [0.4, 0.5) is 10.8 Å². The molecule has 0 aliphatic heterocycles. The Morgan fingerprint density at radius 2 is 1.62 bits per heavy atom. The van der Waals surface area contributed by atoms with Gasteiger partial charge in [0.15, 0.2) is 16.6 Å². The normalized spacial score (nSPS) is 11.0. The van der Waals surface area contributed by atoms with E-state index in [9.17, 15) is 14.4 Å². The lowest BCUT2D eigenvalue weighted by molar-refractivity contribution is -0.114. The van der Waals surface area contributed by atoms with Crippen molar-refractivity contribution in [2.24, 2.45) is 0 Å². The van der Waals surface area contributed by atoms with E-state index in [2.05, 4.69) is 20.9 Å². The summed E-state index contributed by atoms with van der Waals surface area (Å²) in [7, 11) is 3.14. The van der Waals surface area contributed by atoms with Gasteiger partial charge in [0.1, 0.15) is 5.70 Å². The number of thioether (sulfide) groups is 1. The summed E-state index contributed by atoms with van der Waals surface area (Å²) in [5.41, 5.74) is 2.90. The van der Waals surface area contributed by atoms with Gasteiger partial charge in [-0.15, -0.1) is 23.1 Å². The molecule has 0 saturated heterocycles. The molecule has 9 nitrogen and oxygen atoms in total. The maximum atomic E-state index is 13.4. The van der Waals surface area contributed by atoms with Crippen LogP contribution in [-0.4, -0.2) is 42.7 Å². The summed E-state index contributed by atoms with van der Waals surface area (Å²) in [5, 5.41) is 11.4. The zero-order valence-electron chi connectivity index (χ0n) is 25.6. The van der Waals surface area contributed by atoms with Crippen LogP contribution in [0.2, 0.25) is 10.0 Å². The van der Waals surface area contributed by atoms with E-state index in [-0.39, 0.29) is 17.4 Å². The van der Waals surface area contributed by atoms with Gasteiger partial charge in [-0.05, 0) is 78.4 Å². The van der Waals surface area contributed by atoms with Crippen LogP contribution in [0.5, 0.6) is 11.5 Å². The summed E-state index contributed by atoms with van der Waals surface area (Å²) in [6, 6.07) is 25.9. The number of methoxy groups -OCH3 is 2. The number of nitrogens with one attached hydrogen (secondary N) is 3. The van der Waals surface area contributed by atoms with Crippen molar-refractivity contribution in [3.05, 3.63) is 123 Å². The van der Waals surface area contributed by atoms with Gasteiger partial charge >= 0.3 is 0 Å². The van der Waals surface area contributed by atoms with E-state index in [1.807, 2.05) is 17.5 Å². The highest BCUT2D eigenvalue weighted by Gasteiger charge is 2.17. The predicted octanol–water partition coefficient (Wildman–Crippen LogP) is 8.27. The zero-order valence-corrected chi connectivity index (χ0v) is 28.7. The number of carbonyl (C=O) groups is 3. The summed E-state index contributed by atoms with van der Waals surface area (Å²) in [6.07, 6.45) is 1.48. The fraction of sp³-hybridized carbons (Fsp3) is 0.0857. The monoisotopic (exact) mass is 718 g/mol. The fourth-order valence-electron chi connectivity index (χ4n) is 4.31. The van der Waals surface area contributed by atoms with Crippen LogP contribution in [0.3, 0.4) is 0 Å². The smallest absolute Gasteiger partial charge is 0.272 e. The molecule has 4 aromatic carbocycles. The second-order valence-corrected chi connectivity index (χ2v) is 12.7. The minimum atomic E-state index is -0.555. The van der Waals surface area contributed by atoms with Crippen LogP contribution in [-0.2, 0) is 9.59 Å². The summed E-state index contributed by atoms with van der Waals surface area (Å²) in [6.45, 7) is 0. The Kier molecular flexibility index (Phi) is 11.8. The molecule has 1 aromatic heterocycles. The molecular weight excluding hydrogens is 691 g/mol. The standard InChI is InChI=1S/C35H28Cl2N4O5S2/c1-45-30-15-9-23(17-31(30)46-2)29-19-48-35(40-29)41-32(42)20-47-26-13-11-25(12-14-26)38-34(44)28(16-22-8-10-24(36)18-27(22)37)39-33(43)21-6-4-3-5-7-21/h3-19H,20H2,1-2H3,(H,38,44)(H,39,43)(H,40,41,42)/b28-16-. The highest BCUT2D eigenvalue weighted by atomic mass is 35.5. The summed E-state index contributed by atoms with van der Waals surface area (Å²) in [4.78, 5) is 44.3. The minimum Gasteiger partial charge on any atom is -0.493 e. The first kappa shape index (κ1) is 34.5. The lowest BCUT2D eigenvalue weighted by Crippen LogP contribution is -2.30. The van der Waals surface area contributed by atoms with Gasteiger partial charge in [-0.3, -0.25) is 14.4 Å². The molecule has 3 amide bonds. The van der Waals surface area contributed by atoms with Crippen molar-refractivity contribution in [2.45, 2.75) is 4.90 Å². The van der Waals surface area contributed by atoms with Crippen molar-refractivity contribution >= 4 is 80.9 Å². The SMILES string of the molecule is COc1ccc(-c2csc(NC(=O)CSc3ccc(NC(=O)/C(=C/c4ccc(Cl)cc4Cl)NC(=O)c4ccccc4)cc3)n2)cc1OC. The predicted molar refractivity (Wildman–Crippen MR) is 193 cm³/mol. The molecule has 3 N–H and O–H groups in total. The van der Waals surface area contributed by atoms with Gasteiger partial charge in [-0.1, -0.05) is 47.5 Å². The van der Waals surface area contributed by atoms with E-state index in [0.29, 0.717) is 49.2 Å². The Morgan fingerprint density at radius 1 is 0.875 bits per heavy atom. The maximum Gasteiger partial charge on any atom is 0.272 e. The van der Waals surface area contributed by atoms with Crippen LogP contribution in [0.1, 0.15) is 15.9 Å². The van der Waals surface area contributed by atoms with E-state index in [1.54, 1.807) is 93.1 Å². The van der Waals surface area contributed by atoms with Crippen molar-refractivity contribution < 1.29 is 23.9 Å². The number of anilines is 2. The van der Waals surface area contributed by atoms with Crippen molar-refractivity contribution in [1.82, 2.24) is 10.3 Å². The molecule has 5 rings (SSSR count). The average molecular weight is 720 g/mol. The van der Waals surface area contributed by atoms with E-state index in [4.69, 9.17) is 32.7 Å². The molecule has 0 atom stereocenters. The molecule has 5 aromatic rings. The Bertz CT molecular complexity index is 1970. The second-order valence-electron chi connectivity index (χ2n) is 9.97. The first-order valence-electron chi connectivity index (χ1n) is 14.3. The molecule has 0 radical (unpaired) electrons. The summed E-state index contributed by atoms with van der Waals surface area (Å²) >= 11 is 15.0. The lowest BCUT2D eigenvalue weighted by Gasteiger charge is -2.12. The number of carbonyl (C=O) groups excluding carboxylic acids is 3. The van der Waals surface area contributed by atoms with E-state index in [1.165, 1.54) is 29.2 Å². The van der Waals surface area contributed by atoms with Crippen molar-refractivity contribution in [1.29, 1.82) is 0 Å². The summed E-state index contributed by atoms with van der Waals surface area (Å²) in [5.74, 6) is 0.131. The van der Waals surface area contributed by atoms with E-state index >= 15 is 0 Å². The third kappa shape index (κ3) is 9.17. The number of rotatable bonds is 12. The largest absolute Gasteiger partial charge is 0.493 e. The topological polar surface area (TPSA) is 119 Å². The number of nitrogens with zero attached hydrogens (tertiary/aromatic N) is 1. The molecule has 0 fully saturated rings. The fourth-order valence-corrected chi connectivity index (χ4v) is 6.21. The molecule has 0 unspecified atom stereocenters. The van der Waals surface area contributed by atoms with Crippen molar-refractivity contribution in [3.63, 3.8) is 0 Å². The van der Waals surface area contributed by atoms with Gasteiger partial charge in [0, 0.05) is 37.1 Å². The Morgan fingerprint density at radius 3 is 2.33 bits per heavy atom. The highest BCUT2D eigenvalue weighted by molar-refractivity contribution is 8.00. The molecule has 0 bridgehead atoms. The third-order valence-corrected chi connectivity index (χ3v) is 9.04. The van der Waals surface area contributed by atoms with E-state index in [0.717, 1.165) is 10.5 Å². The highest BCUT2D eigenvalue weighted by Crippen LogP contribution is 2.33. The molecule has 0 aliphatic carbocycles. The van der Waals surface area contributed by atoms with Gasteiger partial charge in [0.25, 0.3) is 11.8 Å². The van der Waals surface area contributed by atoms with Gasteiger partial charge in [-0.25, -0.2) is 4.98 Å². The van der Waals surface area contributed by atoms with Gasteiger partial charge in [0.05, 0.1) is 25.7 Å². The number of hydrogen-bond acceptors (Lipinski definition) is 8. The van der Waals surface area contributed by atoms with Crippen molar-refractivity contribution in [3.8, 4) is 22.8 Å². The van der Waals surface area contributed by atoms with Gasteiger partial charge in [0.2, 0.25) is 5.91 Å². The number of benzene rings is 4. The Labute approximate surface area is 295 Å². The van der Waals surface area contributed by atoms with Gasteiger partial charge in [-0.2, -0.15) is 0 Å². The van der Waals surface area contributed by atoms with Crippen LogP contribution in [0.15, 0.2) is 107 Å². The molecule has 48 heavy (non-hydrogen) atoms. The van der Waals surface area contributed by atoms with Gasteiger partial charge < -0.3 is 25.4 Å². The minimum absolute atomic E-state index is 0.0142. The molecule has 1 heterocycles. The number of thiazole rings is 1. The summed E-state index contributed by atoms with van der Waals surface area (Å²) < 4.78 is 10.7. The van der Waals surface area contributed by atoms with Crippen LogP contribution in [0.25, 0.3) is 17.3 Å². The molecule has 0 aliphatic rings. The molecule has 13 heteroatoms.